The van der Waals surface area contributed by atoms with Crippen molar-refractivity contribution in [3.63, 3.8) is 0 Å². The number of ether oxygens (including phenoxy) is 1. The average molecular weight is 339 g/mol. The molecule has 0 saturated carbocycles. The van der Waals surface area contributed by atoms with E-state index in [1.807, 2.05) is 7.05 Å². The maximum absolute atomic E-state index is 5.79. The van der Waals surface area contributed by atoms with Crippen molar-refractivity contribution in [1.29, 1.82) is 0 Å². The van der Waals surface area contributed by atoms with E-state index in [4.69, 9.17) is 4.74 Å². The smallest absolute Gasteiger partial charge is 0.191 e. The van der Waals surface area contributed by atoms with Gasteiger partial charge in [-0.3, -0.25) is 4.99 Å². The Morgan fingerprint density at radius 3 is 2.75 bits per heavy atom. The van der Waals surface area contributed by atoms with Gasteiger partial charge in [-0.25, -0.2) is 0 Å². The highest BCUT2D eigenvalue weighted by molar-refractivity contribution is 14.0. The summed E-state index contributed by atoms with van der Waals surface area (Å²) in [5, 5.41) is 6.73. The van der Waals surface area contributed by atoms with Crippen LogP contribution in [0.25, 0.3) is 0 Å². The zero-order valence-electron chi connectivity index (χ0n) is 10.0. The first-order valence-electron chi connectivity index (χ1n) is 5.96. The van der Waals surface area contributed by atoms with Gasteiger partial charge in [-0.15, -0.1) is 24.0 Å². The summed E-state index contributed by atoms with van der Waals surface area (Å²) in [7, 11) is 1.82. The molecule has 0 radical (unpaired) electrons. The van der Waals surface area contributed by atoms with Crippen molar-refractivity contribution in [2.75, 3.05) is 13.6 Å². The molecule has 0 aliphatic carbocycles. The van der Waals surface area contributed by atoms with Crippen molar-refractivity contribution in [3.8, 4) is 0 Å². The molecule has 2 saturated heterocycles. The first kappa shape index (κ1) is 14.0. The minimum atomic E-state index is 0. The van der Waals surface area contributed by atoms with Gasteiger partial charge in [0.05, 0.1) is 18.2 Å². The summed E-state index contributed by atoms with van der Waals surface area (Å²) >= 11 is 0. The molecule has 3 atom stereocenters. The third-order valence-corrected chi connectivity index (χ3v) is 3.19. The summed E-state index contributed by atoms with van der Waals surface area (Å²) in [6.45, 7) is 3.13. The lowest BCUT2D eigenvalue weighted by Gasteiger charge is -2.22. The topological polar surface area (TPSA) is 45.7 Å². The fraction of sp³-hybridized carbons (Fsp3) is 0.909. The third-order valence-electron chi connectivity index (χ3n) is 3.19. The maximum atomic E-state index is 5.79. The number of hydrogen-bond donors (Lipinski definition) is 2. The molecule has 2 bridgehead atoms. The number of fused-ring (bicyclic) bond motifs is 2. The van der Waals surface area contributed by atoms with Crippen LogP contribution in [0, 0.1) is 0 Å². The summed E-state index contributed by atoms with van der Waals surface area (Å²) in [5.74, 6) is 0.915. The number of guanidine groups is 1. The number of hydrogen-bond acceptors (Lipinski definition) is 2. The Balaban J connectivity index is 0.00000128. The molecule has 2 fully saturated rings. The van der Waals surface area contributed by atoms with E-state index in [2.05, 4.69) is 22.5 Å². The van der Waals surface area contributed by atoms with E-state index in [-0.39, 0.29) is 24.0 Å². The van der Waals surface area contributed by atoms with E-state index >= 15 is 0 Å². The molecule has 2 aliphatic heterocycles. The molecule has 0 amide bonds. The lowest BCUT2D eigenvalue weighted by molar-refractivity contribution is 0.0992. The largest absolute Gasteiger partial charge is 0.373 e. The second-order valence-electron chi connectivity index (χ2n) is 4.36. The van der Waals surface area contributed by atoms with Crippen LogP contribution in [0.4, 0.5) is 0 Å². The standard InChI is InChI=1S/C11H21N3O.HI/c1-3-6-13-11(12-2)14-9-7-8-4-5-10(9)15-8;/h8-10H,3-7H2,1-2H3,(H2,12,13,14);1H. The van der Waals surface area contributed by atoms with Gasteiger partial charge in [0, 0.05) is 13.6 Å². The quantitative estimate of drug-likeness (QED) is 0.465. The molecule has 2 rings (SSSR count). The van der Waals surface area contributed by atoms with Gasteiger partial charge in [0.1, 0.15) is 0 Å². The molecule has 0 spiro atoms. The van der Waals surface area contributed by atoms with Crippen LogP contribution in [0.15, 0.2) is 4.99 Å². The summed E-state index contributed by atoms with van der Waals surface area (Å²) in [5.41, 5.74) is 0. The zero-order valence-corrected chi connectivity index (χ0v) is 12.4. The molecule has 3 unspecified atom stereocenters. The Morgan fingerprint density at radius 1 is 1.44 bits per heavy atom. The second kappa shape index (κ2) is 6.64. The number of halogens is 1. The predicted octanol–water partition coefficient (Wildman–Crippen LogP) is 1.50. The molecule has 2 N–H and O–H groups in total. The van der Waals surface area contributed by atoms with Crippen molar-refractivity contribution < 1.29 is 4.74 Å². The minimum absolute atomic E-state index is 0. The van der Waals surface area contributed by atoms with E-state index in [0.717, 1.165) is 25.3 Å². The van der Waals surface area contributed by atoms with Crippen molar-refractivity contribution in [2.45, 2.75) is 50.9 Å². The van der Waals surface area contributed by atoms with Crippen LogP contribution in [0.2, 0.25) is 0 Å². The first-order chi connectivity index (χ1) is 7.33. The molecular formula is C11H22IN3O. The van der Waals surface area contributed by atoms with Crippen molar-refractivity contribution in [1.82, 2.24) is 10.6 Å². The highest BCUT2D eigenvalue weighted by Crippen LogP contribution is 2.34. The molecule has 16 heavy (non-hydrogen) atoms. The van der Waals surface area contributed by atoms with Gasteiger partial charge in [-0.1, -0.05) is 6.92 Å². The van der Waals surface area contributed by atoms with Gasteiger partial charge in [-0.2, -0.15) is 0 Å². The van der Waals surface area contributed by atoms with E-state index in [9.17, 15) is 0 Å². The van der Waals surface area contributed by atoms with Crippen LogP contribution >= 0.6 is 24.0 Å². The normalized spacial score (nSPS) is 32.4. The van der Waals surface area contributed by atoms with Gasteiger partial charge >= 0.3 is 0 Å². The lowest BCUT2D eigenvalue weighted by Crippen LogP contribution is -2.47. The Hall–Kier alpha value is -0.0400. The SMILES string of the molecule is CCCNC(=NC)NC1CC2CCC1O2.I. The van der Waals surface area contributed by atoms with Crippen LogP contribution in [0.3, 0.4) is 0 Å². The van der Waals surface area contributed by atoms with Gasteiger partial charge < -0.3 is 15.4 Å². The number of rotatable bonds is 3. The Bertz CT molecular complexity index is 247. The Kier molecular flexibility index (Phi) is 5.82. The van der Waals surface area contributed by atoms with Crippen LogP contribution in [0.1, 0.15) is 32.6 Å². The molecule has 94 valence electrons. The second-order valence-corrected chi connectivity index (χ2v) is 4.36. The highest BCUT2D eigenvalue weighted by atomic mass is 127. The van der Waals surface area contributed by atoms with Crippen molar-refractivity contribution in [3.05, 3.63) is 0 Å². The van der Waals surface area contributed by atoms with E-state index < -0.39 is 0 Å². The van der Waals surface area contributed by atoms with Crippen molar-refractivity contribution in [2.24, 2.45) is 4.99 Å². The van der Waals surface area contributed by atoms with Gasteiger partial charge in [-0.05, 0) is 25.7 Å². The molecule has 0 aromatic rings. The lowest BCUT2D eigenvalue weighted by atomic mass is 9.96. The zero-order chi connectivity index (χ0) is 10.7. The van der Waals surface area contributed by atoms with Gasteiger partial charge in [0.15, 0.2) is 5.96 Å². The molecule has 2 aliphatic rings. The number of aliphatic imine (C=N–C) groups is 1. The fourth-order valence-electron chi connectivity index (χ4n) is 2.40. The highest BCUT2D eigenvalue weighted by Gasteiger charge is 2.40. The average Bonchev–Trinajstić information content (AvgIpc) is 2.85. The Labute approximate surface area is 115 Å². The molecule has 0 aromatic carbocycles. The van der Waals surface area contributed by atoms with Crippen LogP contribution in [-0.2, 0) is 4.74 Å². The maximum Gasteiger partial charge on any atom is 0.191 e. The molecule has 2 heterocycles. The van der Waals surface area contributed by atoms with Crippen molar-refractivity contribution >= 4 is 29.9 Å². The summed E-state index contributed by atoms with van der Waals surface area (Å²) in [6, 6.07) is 0.465. The van der Waals surface area contributed by atoms with E-state index in [1.54, 1.807) is 0 Å². The minimum Gasteiger partial charge on any atom is -0.373 e. The van der Waals surface area contributed by atoms with E-state index in [0.29, 0.717) is 18.2 Å². The molecule has 4 nitrogen and oxygen atoms in total. The van der Waals surface area contributed by atoms with Crippen LogP contribution < -0.4 is 10.6 Å². The summed E-state index contributed by atoms with van der Waals surface area (Å²) in [4.78, 5) is 4.21. The fourth-order valence-corrected chi connectivity index (χ4v) is 2.40. The summed E-state index contributed by atoms with van der Waals surface area (Å²) in [6.07, 6.45) is 5.61. The number of nitrogens with zero attached hydrogens (tertiary/aromatic N) is 1. The summed E-state index contributed by atoms with van der Waals surface area (Å²) < 4.78 is 5.79. The van der Waals surface area contributed by atoms with Gasteiger partial charge in [0.2, 0.25) is 0 Å². The third kappa shape index (κ3) is 3.23. The number of nitrogens with one attached hydrogen (secondary N) is 2. The first-order valence-corrected chi connectivity index (χ1v) is 5.96. The van der Waals surface area contributed by atoms with Crippen LogP contribution in [-0.4, -0.2) is 37.8 Å². The van der Waals surface area contributed by atoms with Crippen LogP contribution in [0.5, 0.6) is 0 Å². The molecule has 0 aromatic heterocycles. The predicted molar refractivity (Wildman–Crippen MR) is 76.5 cm³/mol. The Morgan fingerprint density at radius 2 is 2.25 bits per heavy atom. The molecule has 5 heteroatoms. The van der Waals surface area contributed by atoms with E-state index in [1.165, 1.54) is 12.8 Å². The monoisotopic (exact) mass is 339 g/mol. The molecular weight excluding hydrogens is 317 g/mol. The van der Waals surface area contributed by atoms with Gasteiger partial charge in [0.25, 0.3) is 0 Å².